The van der Waals surface area contributed by atoms with Crippen LogP contribution in [0.25, 0.3) is 0 Å². The standard InChI is InChI=1S/C10H18N4/c1-11-6-10-8-14(13-12-10)7-9-4-2-3-5-9/h8-9,11H,2-7H2,1H3. The quantitative estimate of drug-likeness (QED) is 0.783. The number of rotatable bonds is 4. The molecule has 1 aliphatic rings. The maximum absolute atomic E-state index is 4.12. The molecule has 0 aliphatic heterocycles. The maximum atomic E-state index is 4.12. The molecule has 1 N–H and O–H groups in total. The van der Waals surface area contributed by atoms with Crippen LogP contribution in [0.15, 0.2) is 6.20 Å². The van der Waals surface area contributed by atoms with E-state index in [2.05, 4.69) is 21.8 Å². The summed E-state index contributed by atoms with van der Waals surface area (Å²) in [7, 11) is 1.93. The summed E-state index contributed by atoms with van der Waals surface area (Å²) in [6.45, 7) is 1.86. The second-order valence-corrected chi connectivity index (χ2v) is 4.11. The van der Waals surface area contributed by atoms with Crippen LogP contribution in [0.2, 0.25) is 0 Å². The molecule has 1 saturated carbocycles. The molecule has 0 aromatic carbocycles. The van der Waals surface area contributed by atoms with Crippen molar-refractivity contribution in [3.8, 4) is 0 Å². The van der Waals surface area contributed by atoms with Crippen LogP contribution in [0.3, 0.4) is 0 Å². The van der Waals surface area contributed by atoms with E-state index in [0.717, 1.165) is 24.7 Å². The molecule has 0 bridgehead atoms. The monoisotopic (exact) mass is 194 g/mol. The smallest absolute Gasteiger partial charge is 0.0964 e. The van der Waals surface area contributed by atoms with Gasteiger partial charge in [-0.3, -0.25) is 4.68 Å². The van der Waals surface area contributed by atoms with Crippen LogP contribution in [-0.2, 0) is 13.1 Å². The van der Waals surface area contributed by atoms with Crippen LogP contribution in [-0.4, -0.2) is 22.0 Å². The van der Waals surface area contributed by atoms with E-state index in [-0.39, 0.29) is 0 Å². The summed E-state index contributed by atoms with van der Waals surface area (Å²) in [5, 5.41) is 11.3. The highest BCUT2D eigenvalue weighted by Gasteiger charge is 2.15. The topological polar surface area (TPSA) is 42.7 Å². The predicted molar refractivity (Wildman–Crippen MR) is 54.7 cm³/mol. The highest BCUT2D eigenvalue weighted by atomic mass is 15.4. The van der Waals surface area contributed by atoms with Crippen molar-refractivity contribution in [3.63, 3.8) is 0 Å². The second kappa shape index (κ2) is 4.55. The summed E-state index contributed by atoms with van der Waals surface area (Å²) in [5.74, 6) is 0.833. The van der Waals surface area contributed by atoms with E-state index < -0.39 is 0 Å². The molecular formula is C10H18N4. The van der Waals surface area contributed by atoms with Crippen molar-refractivity contribution in [2.75, 3.05) is 7.05 Å². The molecule has 0 radical (unpaired) electrons. The van der Waals surface area contributed by atoms with E-state index in [1.807, 2.05) is 11.7 Å². The molecule has 0 amide bonds. The zero-order valence-electron chi connectivity index (χ0n) is 8.74. The molecule has 4 nitrogen and oxygen atoms in total. The summed E-state index contributed by atoms with van der Waals surface area (Å²) in [4.78, 5) is 0. The molecule has 4 heteroatoms. The summed E-state index contributed by atoms with van der Waals surface area (Å²) < 4.78 is 1.99. The SMILES string of the molecule is CNCc1cn(CC2CCCC2)nn1. The van der Waals surface area contributed by atoms with E-state index in [4.69, 9.17) is 0 Å². The van der Waals surface area contributed by atoms with Gasteiger partial charge in [0.05, 0.1) is 5.69 Å². The van der Waals surface area contributed by atoms with Gasteiger partial charge in [-0.05, 0) is 25.8 Å². The first-order valence-corrected chi connectivity index (χ1v) is 5.42. The fourth-order valence-corrected chi connectivity index (χ4v) is 2.15. The summed E-state index contributed by atoms with van der Waals surface area (Å²) >= 11 is 0. The van der Waals surface area contributed by atoms with E-state index in [1.54, 1.807) is 0 Å². The fourth-order valence-electron chi connectivity index (χ4n) is 2.15. The fraction of sp³-hybridized carbons (Fsp3) is 0.800. The van der Waals surface area contributed by atoms with Crippen molar-refractivity contribution in [3.05, 3.63) is 11.9 Å². The Kier molecular flexibility index (Phi) is 3.14. The first-order valence-electron chi connectivity index (χ1n) is 5.42. The van der Waals surface area contributed by atoms with Gasteiger partial charge in [0.2, 0.25) is 0 Å². The number of nitrogens with zero attached hydrogens (tertiary/aromatic N) is 3. The van der Waals surface area contributed by atoms with Crippen molar-refractivity contribution in [2.24, 2.45) is 5.92 Å². The molecule has 1 aromatic rings. The van der Waals surface area contributed by atoms with E-state index in [0.29, 0.717) is 0 Å². The third-order valence-electron chi connectivity index (χ3n) is 2.86. The molecule has 0 atom stereocenters. The zero-order valence-corrected chi connectivity index (χ0v) is 8.74. The van der Waals surface area contributed by atoms with Crippen molar-refractivity contribution in [2.45, 2.75) is 38.8 Å². The first-order chi connectivity index (χ1) is 6.88. The predicted octanol–water partition coefficient (Wildman–Crippen LogP) is 1.19. The lowest BCUT2D eigenvalue weighted by Gasteiger charge is -2.06. The number of aromatic nitrogens is 3. The van der Waals surface area contributed by atoms with E-state index in [1.165, 1.54) is 25.7 Å². The molecule has 2 rings (SSSR count). The van der Waals surface area contributed by atoms with Gasteiger partial charge in [-0.15, -0.1) is 5.10 Å². The van der Waals surface area contributed by atoms with Crippen LogP contribution < -0.4 is 5.32 Å². The van der Waals surface area contributed by atoms with Crippen LogP contribution in [0.5, 0.6) is 0 Å². The van der Waals surface area contributed by atoms with Crippen molar-refractivity contribution >= 4 is 0 Å². The van der Waals surface area contributed by atoms with Gasteiger partial charge in [-0.2, -0.15) is 0 Å². The Morgan fingerprint density at radius 1 is 1.50 bits per heavy atom. The summed E-state index contributed by atoms with van der Waals surface area (Å²) in [6.07, 6.45) is 7.56. The molecular weight excluding hydrogens is 176 g/mol. The van der Waals surface area contributed by atoms with Gasteiger partial charge in [0.15, 0.2) is 0 Å². The lowest BCUT2D eigenvalue weighted by atomic mass is 10.1. The number of nitrogens with one attached hydrogen (secondary N) is 1. The van der Waals surface area contributed by atoms with Gasteiger partial charge in [-0.25, -0.2) is 0 Å². The Hall–Kier alpha value is -0.900. The van der Waals surface area contributed by atoms with Crippen LogP contribution in [0, 0.1) is 5.92 Å². The van der Waals surface area contributed by atoms with Gasteiger partial charge in [0.25, 0.3) is 0 Å². The molecule has 1 heterocycles. The molecule has 1 aliphatic carbocycles. The minimum absolute atomic E-state index is 0.810. The highest BCUT2D eigenvalue weighted by molar-refractivity contribution is 4.91. The van der Waals surface area contributed by atoms with Gasteiger partial charge in [0.1, 0.15) is 0 Å². The van der Waals surface area contributed by atoms with Gasteiger partial charge in [-0.1, -0.05) is 18.1 Å². The van der Waals surface area contributed by atoms with Gasteiger partial charge >= 0.3 is 0 Å². The average molecular weight is 194 g/mol. The van der Waals surface area contributed by atoms with E-state index in [9.17, 15) is 0 Å². The van der Waals surface area contributed by atoms with Crippen LogP contribution in [0.1, 0.15) is 31.4 Å². The molecule has 14 heavy (non-hydrogen) atoms. The zero-order chi connectivity index (χ0) is 9.80. The second-order valence-electron chi connectivity index (χ2n) is 4.11. The van der Waals surface area contributed by atoms with Gasteiger partial charge in [0, 0.05) is 19.3 Å². The molecule has 0 saturated heterocycles. The number of hydrogen-bond acceptors (Lipinski definition) is 3. The highest BCUT2D eigenvalue weighted by Crippen LogP contribution is 2.25. The Bertz CT molecular complexity index is 275. The van der Waals surface area contributed by atoms with E-state index >= 15 is 0 Å². The third-order valence-corrected chi connectivity index (χ3v) is 2.86. The largest absolute Gasteiger partial charge is 0.314 e. The lowest BCUT2D eigenvalue weighted by Crippen LogP contribution is -2.08. The summed E-state index contributed by atoms with van der Waals surface area (Å²) in [6, 6.07) is 0. The van der Waals surface area contributed by atoms with Crippen LogP contribution >= 0.6 is 0 Å². The minimum Gasteiger partial charge on any atom is -0.314 e. The Balaban J connectivity index is 1.88. The molecule has 78 valence electrons. The Labute approximate surface area is 84.7 Å². The molecule has 0 spiro atoms. The molecule has 1 aromatic heterocycles. The summed E-state index contributed by atoms with van der Waals surface area (Å²) in [5.41, 5.74) is 1.03. The van der Waals surface area contributed by atoms with Crippen molar-refractivity contribution in [1.82, 2.24) is 20.3 Å². The average Bonchev–Trinajstić information content (AvgIpc) is 2.79. The van der Waals surface area contributed by atoms with Crippen LogP contribution in [0.4, 0.5) is 0 Å². The molecule has 0 unspecified atom stereocenters. The van der Waals surface area contributed by atoms with Crippen molar-refractivity contribution in [1.29, 1.82) is 0 Å². The van der Waals surface area contributed by atoms with Crippen molar-refractivity contribution < 1.29 is 0 Å². The first kappa shape index (κ1) is 9.65. The Morgan fingerprint density at radius 2 is 2.29 bits per heavy atom. The lowest BCUT2D eigenvalue weighted by molar-refractivity contribution is 0.421. The normalized spacial score (nSPS) is 17.8. The third kappa shape index (κ3) is 2.32. The molecule has 1 fully saturated rings. The van der Waals surface area contributed by atoms with Gasteiger partial charge < -0.3 is 5.32 Å². The maximum Gasteiger partial charge on any atom is 0.0964 e. The number of hydrogen-bond donors (Lipinski definition) is 1. The Morgan fingerprint density at radius 3 is 3.00 bits per heavy atom. The minimum atomic E-state index is 0.810.